The van der Waals surface area contributed by atoms with Crippen molar-refractivity contribution in [1.29, 1.82) is 0 Å². The molecule has 7 rings (SSSR count). The van der Waals surface area contributed by atoms with Gasteiger partial charge in [0.05, 0.1) is 0 Å². The van der Waals surface area contributed by atoms with Crippen molar-refractivity contribution in [3.05, 3.63) is 130 Å². The van der Waals surface area contributed by atoms with E-state index in [1.165, 1.54) is 72.4 Å². The standard InChI is InChI=1S/C37H34/c1-23-20-24(25-15-18-34-30(21-25)28-10-6-8-12-32(28)36(34,2)3)14-17-27(23)26-16-19-35-31(22-26)29-11-7-9-13-33(29)37(35,4)5/h6-13,15-16,18-22H,14,17H2,1-5H3. The second-order valence-electron chi connectivity index (χ2n) is 12.2. The molecule has 182 valence electrons. The van der Waals surface area contributed by atoms with Crippen LogP contribution in [0, 0.1) is 0 Å². The van der Waals surface area contributed by atoms with Gasteiger partial charge in [0.15, 0.2) is 0 Å². The predicted octanol–water partition coefficient (Wildman–Crippen LogP) is 9.95. The Morgan fingerprint density at radius 3 is 1.57 bits per heavy atom. The zero-order valence-electron chi connectivity index (χ0n) is 22.6. The lowest BCUT2D eigenvalue weighted by molar-refractivity contribution is 0.660. The Morgan fingerprint density at radius 2 is 1.00 bits per heavy atom. The molecule has 0 nitrogen and oxygen atoms in total. The summed E-state index contributed by atoms with van der Waals surface area (Å²) in [6, 6.07) is 32.2. The Bertz CT molecular complexity index is 1670. The first-order chi connectivity index (χ1) is 17.8. The van der Waals surface area contributed by atoms with Crippen LogP contribution in [-0.4, -0.2) is 0 Å². The van der Waals surface area contributed by atoms with Crippen LogP contribution < -0.4 is 0 Å². The van der Waals surface area contributed by atoms with Crippen LogP contribution in [0.3, 0.4) is 0 Å². The summed E-state index contributed by atoms with van der Waals surface area (Å²) in [6.45, 7) is 11.7. The molecule has 0 fully saturated rings. The number of fused-ring (bicyclic) bond motifs is 6. The maximum Gasteiger partial charge on any atom is 0.0158 e. The van der Waals surface area contributed by atoms with E-state index < -0.39 is 0 Å². The van der Waals surface area contributed by atoms with Gasteiger partial charge in [-0.15, -0.1) is 0 Å². The Morgan fingerprint density at radius 1 is 0.514 bits per heavy atom. The van der Waals surface area contributed by atoms with E-state index in [-0.39, 0.29) is 10.8 Å². The summed E-state index contributed by atoms with van der Waals surface area (Å²) >= 11 is 0. The molecule has 0 heteroatoms. The average Bonchev–Trinajstić information content (AvgIpc) is 3.28. The van der Waals surface area contributed by atoms with Gasteiger partial charge in [0.2, 0.25) is 0 Å². The van der Waals surface area contributed by atoms with Crippen molar-refractivity contribution in [1.82, 2.24) is 0 Å². The van der Waals surface area contributed by atoms with Crippen molar-refractivity contribution in [3.8, 4) is 22.3 Å². The molecule has 0 heterocycles. The number of hydrogen-bond acceptors (Lipinski definition) is 0. The Balaban J connectivity index is 1.28. The Kier molecular flexibility index (Phi) is 4.68. The quantitative estimate of drug-likeness (QED) is 0.269. The molecule has 4 aromatic rings. The summed E-state index contributed by atoms with van der Waals surface area (Å²) in [7, 11) is 0. The van der Waals surface area contributed by atoms with E-state index in [1.54, 1.807) is 0 Å². The minimum absolute atomic E-state index is 0.0638. The van der Waals surface area contributed by atoms with Gasteiger partial charge in [0.25, 0.3) is 0 Å². The third-order valence-corrected chi connectivity index (χ3v) is 9.40. The fraction of sp³-hybridized carbons (Fsp3) is 0.243. The van der Waals surface area contributed by atoms with Gasteiger partial charge < -0.3 is 0 Å². The molecule has 0 aliphatic heterocycles. The molecule has 0 saturated heterocycles. The van der Waals surface area contributed by atoms with Crippen molar-refractivity contribution in [2.75, 3.05) is 0 Å². The molecule has 0 spiro atoms. The van der Waals surface area contributed by atoms with Crippen LogP contribution in [0.25, 0.3) is 33.4 Å². The third-order valence-electron chi connectivity index (χ3n) is 9.40. The minimum Gasteiger partial charge on any atom is -0.0619 e. The van der Waals surface area contributed by atoms with Crippen LogP contribution in [0.15, 0.2) is 96.6 Å². The summed E-state index contributed by atoms with van der Waals surface area (Å²) in [5, 5.41) is 0. The van der Waals surface area contributed by atoms with E-state index in [4.69, 9.17) is 0 Å². The lowest BCUT2D eigenvalue weighted by Crippen LogP contribution is -2.14. The maximum atomic E-state index is 2.45. The lowest BCUT2D eigenvalue weighted by Gasteiger charge is -2.23. The van der Waals surface area contributed by atoms with Crippen LogP contribution in [0.1, 0.15) is 80.8 Å². The fourth-order valence-electron chi connectivity index (χ4n) is 7.30. The third kappa shape index (κ3) is 3.15. The molecule has 3 aliphatic carbocycles. The molecule has 0 unspecified atom stereocenters. The van der Waals surface area contributed by atoms with Gasteiger partial charge in [-0.05, 0) is 104 Å². The molecular formula is C37H34. The first-order valence-corrected chi connectivity index (χ1v) is 13.7. The molecule has 0 radical (unpaired) electrons. The van der Waals surface area contributed by atoms with E-state index in [9.17, 15) is 0 Å². The van der Waals surface area contributed by atoms with Gasteiger partial charge >= 0.3 is 0 Å². The topological polar surface area (TPSA) is 0 Å². The van der Waals surface area contributed by atoms with E-state index in [2.05, 4.69) is 126 Å². The maximum absolute atomic E-state index is 2.45. The highest BCUT2D eigenvalue weighted by Crippen LogP contribution is 2.51. The number of allylic oxidation sites excluding steroid dienone is 4. The van der Waals surface area contributed by atoms with Gasteiger partial charge in [-0.25, -0.2) is 0 Å². The Labute approximate surface area is 221 Å². The van der Waals surface area contributed by atoms with Crippen LogP contribution in [0.5, 0.6) is 0 Å². The zero-order chi connectivity index (χ0) is 25.5. The predicted molar refractivity (Wildman–Crippen MR) is 158 cm³/mol. The molecular weight excluding hydrogens is 444 g/mol. The summed E-state index contributed by atoms with van der Waals surface area (Å²) in [5.41, 5.74) is 18.6. The molecule has 0 atom stereocenters. The Hall–Kier alpha value is -3.64. The zero-order valence-corrected chi connectivity index (χ0v) is 22.6. The highest BCUT2D eigenvalue weighted by Gasteiger charge is 2.36. The number of hydrogen-bond donors (Lipinski definition) is 0. The highest BCUT2D eigenvalue weighted by molar-refractivity contribution is 5.88. The molecule has 37 heavy (non-hydrogen) atoms. The van der Waals surface area contributed by atoms with Crippen molar-refractivity contribution in [2.24, 2.45) is 0 Å². The SMILES string of the molecule is CC1=C(c2ccc3c(c2)-c2ccccc2C3(C)C)CCC(c2ccc3c(c2)-c2ccccc2C3(C)C)=C1. The normalized spacial score (nSPS) is 18.1. The molecule has 0 N–H and O–H groups in total. The van der Waals surface area contributed by atoms with Crippen molar-refractivity contribution < 1.29 is 0 Å². The average molecular weight is 479 g/mol. The first-order valence-electron chi connectivity index (χ1n) is 13.7. The number of rotatable bonds is 2. The summed E-state index contributed by atoms with van der Waals surface area (Å²) in [5.74, 6) is 0. The highest BCUT2D eigenvalue weighted by atomic mass is 14.4. The molecule has 0 saturated carbocycles. The van der Waals surface area contributed by atoms with Crippen molar-refractivity contribution in [2.45, 2.75) is 58.3 Å². The summed E-state index contributed by atoms with van der Waals surface area (Å²) < 4.78 is 0. The second kappa shape index (κ2) is 7.68. The van der Waals surface area contributed by atoms with Crippen LogP contribution in [-0.2, 0) is 10.8 Å². The minimum atomic E-state index is 0.0638. The molecule has 4 aromatic carbocycles. The summed E-state index contributed by atoms with van der Waals surface area (Å²) in [4.78, 5) is 0. The monoisotopic (exact) mass is 478 g/mol. The van der Waals surface area contributed by atoms with E-state index in [0.717, 1.165) is 12.8 Å². The van der Waals surface area contributed by atoms with E-state index in [0.29, 0.717) is 0 Å². The van der Waals surface area contributed by atoms with Gasteiger partial charge in [-0.3, -0.25) is 0 Å². The second-order valence-corrected chi connectivity index (χ2v) is 12.2. The van der Waals surface area contributed by atoms with Gasteiger partial charge in [-0.2, -0.15) is 0 Å². The molecule has 3 aliphatic rings. The van der Waals surface area contributed by atoms with Crippen molar-refractivity contribution >= 4 is 11.1 Å². The van der Waals surface area contributed by atoms with Crippen molar-refractivity contribution in [3.63, 3.8) is 0 Å². The molecule has 0 bridgehead atoms. The van der Waals surface area contributed by atoms with Crippen LogP contribution >= 0.6 is 0 Å². The molecule has 0 aromatic heterocycles. The first kappa shape index (κ1) is 22.5. The van der Waals surface area contributed by atoms with E-state index >= 15 is 0 Å². The smallest absolute Gasteiger partial charge is 0.0158 e. The van der Waals surface area contributed by atoms with Crippen LogP contribution in [0.2, 0.25) is 0 Å². The number of benzene rings is 4. The summed E-state index contributed by atoms with van der Waals surface area (Å²) in [6.07, 6.45) is 4.61. The fourth-order valence-corrected chi connectivity index (χ4v) is 7.30. The van der Waals surface area contributed by atoms with E-state index in [1.807, 2.05) is 0 Å². The lowest BCUT2D eigenvalue weighted by atomic mass is 9.80. The molecule has 0 amide bonds. The van der Waals surface area contributed by atoms with Crippen LogP contribution in [0.4, 0.5) is 0 Å². The van der Waals surface area contributed by atoms with Gasteiger partial charge in [0.1, 0.15) is 0 Å². The largest absolute Gasteiger partial charge is 0.0619 e. The van der Waals surface area contributed by atoms with Gasteiger partial charge in [0, 0.05) is 10.8 Å². The van der Waals surface area contributed by atoms with Gasteiger partial charge in [-0.1, -0.05) is 107 Å².